The van der Waals surface area contributed by atoms with E-state index in [9.17, 15) is 23.2 Å². The van der Waals surface area contributed by atoms with Crippen molar-refractivity contribution in [1.29, 1.82) is 0 Å². The Morgan fingerprint density at radius 3 is 2.03 bits per heavy atom. The maximum Gasteiger partial charge on any atom is 0.257 e. The van der Waals surface area contributed by atoms with Crippen LogP contribution in [0.25, 0.3) is 0 Å². The summed E-state index contributed by atoms with van der Waals surface area (Å²) in [6, 6.07) is 10.5. The van der Waals surface area contributed by atoms with Crippen molar-refractivity contribution in [2.45, 2.75) is 17.2 Å². The van der Waals surface area contributed by atoms with E-state index in [1.54, 1.807) is 18.2 Å². The van der Waals surface area contributed by atoms with Gasteiger partial charge in [-0.15, -0.1) is 23.2 Å². The minimum Gasteiger partial charge on any atom is -0.326 e. The zero-order valence-electron chi connectivity index (χ0n) is 19.1. The van der Waals surface area contributed by atoms with E-state index >= 15 is 0 Å². The molecule has 2 atom stereocenters. The molecule has 0 bridgehead atoms. The quantitative estimate of drug-likeness (QED) is 0.247. The van der Waals surface area contributed by atoms with Crippen LogP contribution in [0.2, 0.25) is 15.1 Å². The first-order valence-electron chi connectivity index (χ1n) is 10.8. The van der Waals surface area contributed by atoms with Crippen molar-refractivity contribution in [1.82, 2.24) is 0 Å². The number of hydrogen-bond acceptors (Lipinski definition) is 3. The molecule has 1 saturated carbocycles. The number of amides is 3. The molecule has 1 aliphatic rings. The highest BCUT2D eigenvalue weighted by Crippen LogP contribution is 2.65. The van der Waals surface area contributed by atoms with Crippen LogP contribution in [0.3, 0.4) is 0 Å². The second-order valence-electron chi connectivity index (χ2n) is 8.44. The zero-order chi connectivity index (χ0) is 27.9. The molecule has 0 aliphatic heterocycles. The molecule has 4 rings (SSSR count). The Morgan fingerprint density at radius 1 is 0.789 bits per heavy atom. The van der Waals surface area contributed by atoms with Gasteiger partial charge in [0.15, 0.2) is 11.6 Å². The smallest absolute Gasteiger partial charge is 0.257 e. The number of anilines is 3. The van der Waals surface area contributed by atoms with Crippen molar-refractivity contribution < 1.29 is 23.2 Å². The monoisotopic (exact) mass is 619 g/mol. The van der Waals surface area contributed by atoms with Crippen LogP contribution in [-0.2, 0) is 9.59 Å². The number of carbonyl (C=O) groups excluding carboxylic acids is 3. The SMILES string of the molecule is CC(=O)Nc1cc(F)c(NC(=O)c2cc(NC(=O)[C@H]3C(c4ccc(Cl)c(Cl)c4)C3(Cl)Cl)ccc2Cl)c(F)c1. The molecule has 1 unspecified atom stereocenters. The molecule has 1 fully saturated rings. The van der Waals surface area contributed by atoms with Crippen LogP contribution in [0.1, 0.15) is 28.8 Å². The maximum atomic E-state index is 14.4. The van der Waals surface area contributed by atoms with Crippen molar-refractivity contribution >= 4 is 92.8 Å². The Kier molecular flexibility index (Phi) is 8.12. The summed E-state index contributed by atoms with van der Waals surface area (Å²) >= 11 is 30.9. The van der Waals surface area contributed by atoms with Gasteiger partial charge in [0.05, 0.1) is 26.5 Å². The Balaban J connectivity index is 1.51. The second-order valence-corrected chi connectivity index (χ2v) is 11.1. The van der Waals surface area contributed by atoms with Crippen LogP contribution in [0.15, 0.2) is 48.5 Å². The number of alkyl halides is 2. The largest absolute Gasteiger partial charge is 0.326 e. The van der Waals surface area contributed by atoms with Crippen molar-refractivity contribution in [3.05, 3.63) is 86.4 Å². The lowest BCUT2D eigenvalue weighted by molar-refractivity contribution is -0.117. The van der Waals surface area contributed by atoms with Crippen molar-refractivity contribution in [3.8, 4) is 0 Å². The van der Waals surface area contributed by atoms with Gasteiger partial charge in [0, 0.05) is 24.2 Å². The van der Waals surface area contributed by atoms with Crippen molar-refractivity contribution in [2.75, 3.05) is 16.0 Å². The highest BCUT2D eigenvalue weighted by Gasteiger charge is 2.67. The molecule has 3 aromatic rings. The van der Waals surface area contributed by atoms with E-state index in [1.807, 2.05) is 0 Å². The van der Waals surface area contributed by atoms with Gasteiger partial charge < -0.3 is 16.0 Å². The molecule has 0 heterocycles. The third-order valence-corrected chi connectivity index (χ3v) is 7.73. The Labute approximate surface area is 240 Å². The van der Waals surface area contributed by atoms with Gasteiger partial charge in [-0.2, -0.15) is 0 Å². The van der Waals surface area contributed by atoms with E-state index in [4.69, 9.17) is 58.0 Å². The van der Waals surface area contributed by atoms with Crippen LogP contribution in [0.5, 0.6) is 0 Å². The van der Waals surface area contributed by atoms with Gasteiger partial charge in [0.1, 0.15) is 10.0 Å². The lowest BCUT2D eigenvalue weighted by Crippen LogP contribution is -2.19. The van der Waals surface area contributed by atoms with Gasteiger partial charge in [-0.1, -0.05) is 40.9 Å². The summed E-state index contributed by atoms with van der Waals surface area (Å²) in [4.78, 5) is 36.9. The number of benzene rings is 3. The first-order chi connectivity index (χ1) is 17.8. The Bertz CT molecular complexity index is 1460. The van der Waals surface area contributed by atoms with Crippen LogP contribution < -0.4 is 16.0 Å². The standard InChI is InChI=1S/C25H16Cl5F2N3O3/c1-10(36)33-13-8-18(31)22(19(32)9-13)35-23(37)14-7-12(3-5-15(14)26)34-24(38)21-20(25(21,29)30)11-2-4-16(27)17(28)6-11/h2-9,20-21H,1H3,(H,33,36)(H,34,38)(H,35,37)/t20?,21-/m1/s1. The third kappa shape index (κ3) is 5.84. The normalized spacial score (nSPS) is 17.5. The molecule has 6 nitrogen and oxygen atoms in total. The van der Waals surface area contributed by atoms with Crippen LogP contribution in [0.4, 0.5) is 25.8 Å². The molecule has 0 radical (unpaired) electrons. The first kappa shape index (κ1) is 28.4. The number of rotatable bonds is 6. The van der Waals surface area contributed by atoms with Gasteiger partial charge in [-0.3, -0.25) is 14.4 Å². The summed E-state index contributed by atoms with van der Waals surface area (Å²) in [5.74, 6) is -5.66. The van der Waals surface area contributed by atoms with Crippen LogP contribution >= 0.6 is 58.0 Å². The summed E-state index contributed by atoms with van der Waals surface area (Å²) < 4.78 is 27.5. The summed E-state index contributed by atoms with van der Waals surface area (Å²) in [7, 11) is 0. The van der Waals surface area contributed by atoms with E-state index in [0.29, 0.717) is 10.6 Å². The van der Waals surface area contributed by atoms with E-state index in [1.165, 1.54) is 25.1 Å². The summed E-state index contributed by atoms with van der Waals surface area (Å²) in [6.45, 7) is 1.18. The summed E-state index contributed by atoms with van der Waals surface area (Å²) in [5, 5.41) is 7.57. The average Bonchev–Trinajstić information content (AvgIpc) is 3.40. The number of carbonyl (C=O) groups is 3. The zero-order valence-corrected chi connectivity index (χ0v) is 22.9. The highest BCUT2D eigenvalue weighted by molar-refractivity contribution is 6.53. The molecule has 1 aliphatic carbocycles. The topological polar surface area (TPSA) is 87.3 Å². The fraction of sp³-hybridized carbons (Fsp3) is 0.160. The lowest BCUT2D eigenvalue weighted by Gasteiger charge is -2.12. The molecule has 38 heavy (non-hydrogen) atoms. The minimum absolute atomic E-state index is 0.0414. The Hall–Kier alpha value is -2.62. The highest BCUT2D eigenvalue weighted by atomic mass is 35.5. The number of hydrogen-bond donors (Lipinski definition) is 3. The number of halogens is 7. The van der Waals surface area contributed by atoms with Crippen LogP contribution in [0, 0.1) is 17.6 Å². The van der Waals surface area contributed by atoms with Gasteiger partial charge in [-0.05, 0) is 48.0 Å². The van der Waals surface area contributed by atoms with Gasteiger partial charge in [-0.25, -0.2) is 8.78 Å². The molecule has 3 N–H and O–H groups in total. The molecule has 3 aromatic carbocycles. The summed E-state index contributed by atoms with van der Waals surface area (Å²) in [6.07, 6.45) is 0. The van der Waals surface area contributed by atoms with E-state index < -0.39 is 51.2 Å². The van der Waals surface area contributed by atoms with Gasteiger partial charge in [0.2, 0.25) is 11.8 Å². The lowest BCUT2D eigenvalue weighted by atomic mass is 10.1. The van der Waals surface area contributed by atoms with Crippen molar-refractivity contribution in [2.24, 2.45) is 5.92 Å². The predicted octanol–water partition coefficient (Wildman–Crippen LogP) is 7.66. The molecular weight excluding hydrogens is 606 g/mol. The second kappa shape index (κ2) is 10.9. The van der Waals surface area contributed by atoms with E-state index in [2.05, 4.69) is 16.0 Å². The maximum absolute atomic E-state index is 14.4. The molecule has 198 valence electrons. The third-order valence-electron chi connectivity index (χ3n) is 5.72. The molecule has 0 spiro atoms. The molecule has 0 saturated heterocycles. The fourth-order valence-electron chi connectivity index (χ4n) is 3.92. The van der Waals surface area contributed by atoms with Gasteiger partial charge >= 0.3 is 0 Å². The molecule has 3 amide bonds. The molecule has 0 aromatic heterocycles. The summed E-state index contributed by atoms with van der Waals surface area (Å²) in [5.41, 5.74) is -0.257. The predicted molar refractivity (Wildman–Crippen MR) is 146 cm³/mol. The fourth-order valence-corrected chi connectivity index (χ4v) is 5.26. The van der Waals surface area contributed by atoms with Crippen molar-refractivity contribution in [3.63, 3.8) is 0 Å². The average molecular weight is 622 g/mol. The van der Waals surface area contributed by atoms with Crippen LogP contribution in [-0.4, -0.2) is 22.1 Å². The van der Waals surface area contributed by atoms with Gasteiger partial charge in [0.25, 0.3) is 5.91 Å². The number of nitrogens with one attached hydrogen (secondary N) is 3. The Morgan fingerprint density at radius 2 is 1.42 bits per heavy atom. The minimum atomic E-state index is -1.41. The van der Waals surface area contributed by atoms with E-state index in [-0.39, 0.29) is 27.0 Å². The molecule has 13 heteroatoms. The first-order valence-corrected chi connectivity index (χ1v) is 12.7. The van der Waals surface area contributed by atoms with E-state index in [0.717, 1.165) is 12.1 Å². The molecular formula is C25H16Cl5F2N3O3.